The highest BCUT2D eigenvalue weighted by Crippen LogP contribution is 2.46. The van der Waals surface area contributed by atoms with E-state index in [4.69, 9.17) is 4.74 Å². The molecule has 5 heteroatoms. The van der Waals surface area contributed by atoms with Gasteiger partial charge in [-0.05, 0) is 57.1 Å². The molecule has 2 bridgehead atoms. The molecule has 1 aromatic carbocycles. The second-order valence-electron chi connectivity index (χ2n) is 6.84. The van der Waals surface area contributed by atoms with Gasteiger partial charge in [-0.1, -0.05) is 23.3 Å². The van der Waals surface area contributed by atoms with Gasteiger partial charge in [0.2, 0.25) is 10.0 Å². The molecule has 4 nitrogen and oxygen atoms in total. The van der Waals surface area contributed by atoms with Gasteiger partial charge in [0.15, 0.2) is 0 Å². The first kappa shape index (κ1) is 15.2. The van der Waals surface area contributed by atoms with Gasteiger partial charge in [0.25, 0.3) is 0 Å². The van der Waals surface area contributed by atoms with Crippen LogP contribution in [0.3, 0.4) is 0 Å². The molecule has 4 rings (SSSR count). The van der Waals surface area contributed by atoms with Gasteiger partial charge in [-0.25, -0.2) is 8.42 Å². The van der Waals surface area contributed by atoms with Crippen molar-refractivity contribution in [2.24, 2.45) is 0 Å². The molecule has 0 N–H and O–H groups in total. The van der Waals surface area contributed by atoms with Gasteiger partial charge in [-0.3, -0.25) is 0 Å². The van der Waals surface area contributed by atoms with Crippen LogP contribution in [0.2, 0.25) is 0 Å². The maximum atomic E-state index is 13.2. The summed E-state index contributed by atoms with van der Waals surface area (Å²) in [5.41, 5.74) is 3.16. The average molecular weight is 333 g/mol. The van der Waals surface area contributed by atoms with Crippen molar-refractivity contribution in [2.75, 3.05) is 7.11 Å². The molecule has 23 heavy (non-hydrogen) atoms. The Labute approximate surface area is 138 Å². The van der Waals surface area contributed by atoms with Gasteiger partial charge in [-0.2, -0.15) is 4.31 Å². The van der Waals surface area contributed by atoms with Crippen LogP contribution < -0.4 is 4.74 Å². The van der Waals surface area contributed by atoms with Crippen molar-refractivity contribution in [1.29, 1.82) is 0 Å². The van der Waals surface area contributed by atoms with Crippen molar-refractivity contribution >= 4 is 10.0 Å². The predicted molar refractivity (Wildman–Crippen MR) is 88.9 cm³/mol. The first-order valence-corrected chi connectivity index (χ1v) is 9.91. The molecule has 1 aromatic rings. The van der Waals surface area contributed by atoms with Crippen molar-refractivity contribution < 1.29 is 13.2 Å². The van der Waals surface area contributed by atoms with E-state index in [0.717, 1.165) is 25.7 Å². The van der Waals surface area contributed by atoms with Gasteiger partial charge in [0, 0.05) is 12.1 Å². The van der Waals surface area contributed by atoms with E-state index >= 15 is 0 Å². The maximum absolute atomic E-state index is 13.2. The fraction of sp³-hybridized carbons (Fsp3) is 0.556. The van der Waals surface area contributed by atoms with Crippen LogP contribution in [-0.2, 0) is 10.0 Å². The molecule has 2 unspecified atom stereocenters. The molecule has 3 aliphatic rings. The molecule has 2 atom stereocenters. The Balaban J connectivity index is 1.68. The molecule has 2 saturated heterocycles. The summed E-state index contributed by atoms with van der Waals surface area (Å²) in [5.74, 6) is 0.440. The van der Waals surface area contributed by atoms with E-state index in [2.05, 4.69) is 0 Å². The molecule has 0 aromatic heterocycles. The molecule has 0 spiro atoms. The summed E-state index contributed by atoms with van der Waals surface area (Å²) in [4.78, 5) is 0.305. The number of ether oxygens (including phenoxy) is 1. The minimum absolute atomic E-state index is 0.131. The fourth-order valence-corrected chi connectivity index (χ4v) is 6.34. The average Bonchev–Trinajstić information content (AvgIpc) is 2.78. The topological polar surface area (TPSA) is 46.6 Å². The highest BCUT2D eigenvalue weighted by molar-refractivity contribution is 7.89. The van der Waals surface area contributed by atoms with Gasteiger partial charge >= 0.3 is 0 Å². The first-order chi connectivity index (χ1) is 11.1. The van der Waals surface area contributed by atoms with Crippen LogP contribution >= 0.6 is 0 Å². The minimum atomic E-state index is -3.49. The van der Waals surface area contributed by atoms with E-state index in [1.54, 1.807) is 33.7 Å². The molecular formula is C18H23NO3S. The second-order valence-corrected chi connectivity index (χ2v) is 8.65. The van der Waals surface area contributed by atoms with Crippen LogP contribution in [0.25, 0.3) is 0 Å². The normalized spacial score (nSPS) is 27.9. The number of allylic oxidation sites excluding steroid dienone is 1. The third kappa shape index (κ3) is 2.41. The number of para-hydroxylation sites is 1. The fourth-order valence-electron chi connectivity index (χ4n) is 4.31. The van der Waals surface area contributed by atoms with Crippen molar-refractivity contribution in [3.63, 3.8) is 0 Å². The van der Waals surface area contributed by atoms with Crippen molar-refractivity contribution in [1.82, 2.24) is 4.31 Å². The Kier molecular flexibility index (Phi) is 3.73. The molecule has 124 valence electrons. The lowest BCUT2D eigenvalue weighted by molar-refractivity contribution is 0.280. The van der Waals surface area contributed by atoms with E-state index in [1.807, 2.05) is 6.07 Å². The molecule has 0 amide bonds. The SMILES string of the molecule is COc1ccccc1S(=O)(=O)N1C2CCC1CC(=C1CCC1)C2. The summed E-state index contributed by atoms with van der Waals surface area (Å²) in [5, 5.41) is 0. The van der Waals surface area contributed by atoms with Crippen LogP contribution in [0.15, 0.2) is 40.3 Å². The van der Waals surface area contributed by atoms with E-state index in [-0.39, 0.29) is 12.1 Å². The predicted octanol–water partition coefficient (Wildman–Crippen LogP) is 3.49. The lowest BCUT2D eigenvalue weighted by Gasteiger charge is -2.37. The van der Waals surface area contributed by atoms with E-state index in [0.29, 0.717) is 10.6 Å². The van der Waals surface area contributed by atoms with Gasteiger partial charge in [0.1, 0.15) is 10.6 Å². The van der Waals surface area contributed by atoms with Crippen molar-refractivity contribution in [2.45, 2.75) is 61.9 Å². The van der Waals surface area contributed by atoms with Crippen LogP contribution in [0.1, 0.15) is 44.9 Å². The van der Waals surface area contributed by atoms with E-state index < -0.39 is 10.0 Å². The Morgan fingerprint density at radius 3 is 2.26 bits per heavy atom. The zero-order valence-corrected chi connectivity index (χ0v) is 14.3. The molecule has 2 aliphatic heterocycles. The molecule has 1 saturated carbocycles. The number of hydrogen-bond donors (Lipinski definition) is 0. The Hall–Kier alpha value is -1.33. The van der Waals surface area contributed by atoms with Crippen LogP contribution in [-0.4, -0.2) is 31.9 Å². The van der Waals surface area contributed by atoms with E-state index in [1.165, 1.54) is 26.4 Å². The number of nitrogens with zero attached hydrogens (tertiary/aromatic N) is 1. The molecule has 0 radical (unpaired) electrons. The first-order valence-electron chi connectivity index (χ1n) is 8.47. The standard InChI is InChI=1S/C18H23NO3S/c1-22-17-7-2-3-8-18(17)23(20,21)19-15-9-10-16(19)12-14(11-15)13-5-4-6-13/h2-3,7-8,15-16H,4-6,9-12H2,1H3. The number of methoxy groups -OCH3 is 1. The summed E-state index contributed by atoms with van der Waals surface area (Å²) in [7, 11) is -1.97. The molecule has 3 fully saturated rings. The number of fused-ring (bicyclic) bond motifs is 2. The Bertz CT molecular complexity index is 731. The zero-order valence-electron chi connectivity index (χ0n) is 13.5. The van der Waals surface area contributed by atoms with Crippen LogP contribution in [0.4, 0.5) is 0 Å². The Morgan fingerprint density at radius 2 is 1.70 bits per heavy atom. The summed E-state index contributed by atoms with van der Waals surface area (Å²) < 4.78 is 33.5. The molecular weight excluding hydrogens is 310 g/mol. The number of rotatable bonds is 3. The van der Waals surface area contributed by atoms with Crippen LogP contribution in [0.5, 0.6) is 5.75 Å². The number of sulfonamides is 1. The highest BCUT2D eigenvalue weighted by atomic mass is 32.2. The lowest BCUT2D eigenvalue weighted by atomic mass is 9.83. The zero-order chi connectivity index (χ0) is 16.0. The number of piperidine rings is 1. The smallest absolute Gasteiger partial charge is 0.247 e. The highest BCUT2D eigenvalue weighted by Gasteiger charge is 2.46. The van der Waals surface area contributed by atoms with Crippen LogP contribution in [0, 0.1) is 0 Å². The van der Waals surface area contributed by atoms with Crippen molar-refractivity contribution in [3.05, 3.63) is 35.4 Å². The number of hydrogen-bond acceptors (Lipinski definition) is 3. The Morgan fingerprint density at radius 1 is 1.04 bits per heavy atom. The molecule has 2 heterocycles. The monoisotopic (exact) mass is 333 g/mol. The largest absolute Gasteiger partial charge is 0.495 e. The minimum Gasteiger partial charge on any atom is -0.495 e. The second kappa shape index (κ2) is 5.64. The maximum Gasteiger partial charge on any atom is 0.247 e. The summed E-state index contributed by atoms with van der Waals surface area (Å²) in [6, 6.07) is 7.22. The summed E-state index contributed by atoms with van der Waals surface area (Å²) in [6.45, 7) is 0. The summed E-state index contributed by atoms with van der Waals surface area (Å²) >= 11 is 0. The summed E-state index contributed by atoms with van der Waals surface area (Å²) in [6.07, 6.45) is 7.59. The van der Waals surface area contributed by atoms with E-state index in [9.17, 15) is 8.42 Å². The van der Waals surface area contributed by atoms with Gasteiger partial charge in [-0.15, -0.1) is 0 Å². The number of benzene rings is 1. The van der Waals surface area contributed by atoms with Gasteiger partial charge < -0.3 is 4.74 Å². The third-order valence-electron chi connectivity index (χ3n) is 5.60. The van der Waals surface area contributed by atoms with Crippen molar-refractivity contribution in [3.8, 4) is 5.75 Å². The third-order valence-corrected chi connectivity index (χ3v) is 7.64. The lowest BCUT2D eigenvalue weighted by Crippen LogP contribution is -2.45. The molecule has 1 aliphatic carbocycles. The quantitative estimate of drug-likeness (QED) is 0.796. The van der Waals surface area contributed by atoms with Gasteiger partial charge in [0.05, 0.1) is 7.11 Å².